The van der Waals surface area contributed by atoms with Gasteiger partial charge in [-0.05, 0) is 29.7 Å². The van der Waals surface area contributed by atoms with Crippen LogP contribution in [0.15, 0.2) is 30.3 Å². The predicted octanol–water partition coefficient (Wildman–Crippen LogP) is 2.37. The lowest BCUT2D eigenvalue weighted by Crippen LogP contribution is -2.45. The van der Waals surface area contributed by atoms with Crippen molar-refractivity contribution in [2.75, 3.05) is 47.5 Å². The molecule has 0 saturated carbocycles. The highest BCUT2D eigenvalue weighted by Crippen LogP contribution is 2.40. The Balaban J connectivity index is 0.00000456. The number of hydrogen-bond donors (Lipinski definition) is 1. The molecule has 0 atom stereocenters. The maximum atomic E-state index is 12.1. The Kier molecular flexibility index (Phi) is 10.8. The van der Waals surface area contributed by atoms with Gasteiger partial charge >= 0.3 is 16.3 Å². The molecule has 0 unspecified atom stereocenters. The van der Waals surface area contributed by atoms with Gasteiger partial charge in [0.1, 0.15) is 0 Å². The summed E-state index contributed by atoms with van der Waals surface area (Å²) in [6, 6.07) is 9.23. The van der Waals surface area contributed by atoms with Gasteiger partial charge in [0.25, 0.3) is 0 Å². The predicted molar refractivity (Wildman–Crippen MR) is 138 cm³/mol. The zero-order chi connectivity index (χ0) is 25.6. The molecule has 0 radical (unpaired) electrons. The molecule has 2 N–H and O–H groups in total. The Bertz CT molecular complexity index is 1150. The molecule has 1 aliphatic rings. The molecule has 0 aliphatic carbocycles. The normalized spacial score (nSPS) is 14.6. The van der Waals surface area contributed by atoms with Gasteiger partial charge in [-0.2, -0.15) is 13.6 Å². The van der Waals surface area contributed by atoms with Gasteiger partial charge in [0.2, 0.25) is 5.75 Å². The second-order valence-electron chi connectivity index (χ2n) is 8.25. The molecular weight excluding hydrogens is 510 g/mol. The molecular formula is C24H34ClN3O7S. The lowest BCUT2D eigenvalue weighted by molar-refractivity contribution is 0.0745. The summed E-state index contributed by atoms with van der Waals surface area (Å²) >= 11 is 0. The molecule has 36 heavy (non-hydrogen) atoms. The number of piperazine rings is 1. The number of hydrogen-bond acceptors (Lipinski definition) is 9. The van der Waals surface area contributed by atoms with Crippen LogP contribution in [0, 0.1) is 0 Å². The molecule has 1 saturated heterocycles. The van der Waals surface area contributed by atoms with E-state index in [1.54, 1.807) is 27.4 Å². The topological polar surface area (TPSA) is 121 Å². The highest BCUT2D eigenvalue weighted by molar-refractivity contribution is 7.84. The van der Waals surface area contributed by atoms with Crippen LogP contribution >= 0.6 is 12.4 Å². The zero-order valence-corrected chi connectivity index (χ0v) is 22.6. The summed E-state index contributed by atoms with van der Waals surface area (Å²) in [7, 11) is 0.476. The SMILES string of the molecule is CCc1cc(CN2CCN(Cc3ccc(OC)c(OC)c3OC)CC2)ccc1C(=O)OS(N)(=O)=O.Cl. The minimum absolute atomic E-state index is 0. The van der Waals surface area contributed by atoms with Gasteiger partial charge in [-0.3, -0.25) is 9.80 Å². The smallest absolute Gasteiger partial charge is 0.382 e. The van der Waals surface area contributed by atoms with Crippen LogP contribution in [0.5, 0.6) is 17.2 Å². The summed E-state index contributed by atoms with van der Waals surface area (Å²) in [5.74, 6) is 0.945. The van der Waals surface area contributed by atoms with Crippen LogP contribution < -0.4 is 19.3 Å². The van der Waals surface area contributed by atoms with E-state index in [0.717, 1.165) is 56.0 Å². The Hall–Kier alpha value is -2.57. The highest BCUT2D eigenvalue weighted by Gasteiger charge is 2.22. The fourth-order valence-electron chi connectivity index (χ4n) is 4.28. The number of halogens is 1. The van der Waals surface area contributed by atoms with Gasteiger partial charge in [-0.25, -0.2) is 4.79 Å². The quantitative estimate of drug-likeness (QED) is 0.481. The Morgan fingerprint density at radius 3 is 2.03 bits per heavy atom. The Labute approximate surface area is 218 Å². The van der Waals surface area contributed by atoms with Gasteiger partial charge in [-0.15, -0.1) is 12.4 Å². The molecule has 3 rings (SSSR count). The van der Waals surface area contributed by atoms with Crippen molar-refractivity contribution in [3.05, 3.63) is 52.6 Å². The van der Waals surface area contributed by atoms with Crippen LogP contribution in [0.2, 0.25) is 0 Å². The van der Waals surface area contributed by atoms with Crippen molar-refractivity contribution in [3.63, 3.8) is 0 Å². The average molecular weight is 544 g/mol. The highest BCUT2D eigenvalue weighted by atomic mass is 35.5. The number of ether oxygens (including phenoxy) is 3. The van der Waals surface area contributed by atoms with Gasteiger partial charge in [0.05, 0.1) is 26.9 Å². The van der Waals surface area contributed by atoms with Gasteiger partial charge in [0.15, 0.2) is 11.5 Å². The lowest BCUT2D eigenvalue weighted by Gasteiger charge is -2.35. The van der Waals surface area contributed by atoms with Crippen LogP contribution in [0.25, 0.3) is 0 Å². The summed E-state index contributed by atoms with van der Waals surface area (Å²) in [5, 5.41) is 4.82. The monoisotopic (exact) mass is 543 g/mol. The van der Waals surface area contributed by atoms with Crippen LogP contribution in [0.3, 0.4) is 0 Å². The fraction of sp³-hybridized carbons (Fsp3) is 0.458. The zero-order valence-electron chi connectivity index (χ0n) is 21.0. The third-order valence-electron chi connectivity index (χ3n) is 6.01. The van der Waals surface area contributed by atoms with Crippen LogP contribution in [-0.2, 0) is 34.0 Å². The molecule has 2 aromatic carbocycles. The second-order valence-corrected chi connectivity index (χ2v) is 9.41. The number of rotatable bonds is 10. The molecule has 12 heteroatoms. The number of aryl methyl sites for hydroxylation is 1. The van der Waals surface area contributed by atoms with E-state index in [0.29, 0.717) is 23.7 Å². The first-order chi connectivity index (χ1) is 16.7. The van der Waals surface area contributed by atoms with Gasteiger partial charge in [0, 0.05) is 44.8 Å². The number of nitrogens with two attached hydrogens (primary N) is 1. The third kappa shape index (κ3) is 7.47. The third-order valence-corrected chi connectivity index (χ3v) is 6.40. The molecule has 0 spiro atoms. The van der Waals surface area contributed by atoms with E-state index in [2.05, 4.69) is 14.0 Å². The molecule has 1 heterocycles. The maximum Gasteiger partial charge on any atom is 0.382 e. The number of methoxy groups -OCH3 is 3. The minimum Gasteiger partial charge on any atom is -0.493 e. The van der Waals surface area contributed by atoms with Gasteiger partial charge < -0.3 is 18.4 Å². The van der Waals surface area contributed by atoms with Crippen molar-refractivity contribution >= 4 is 28.7 Å². The summed E-state index contributed by atoms with van der Waals surface area (Å²) in [4.78, 5) is 16.8. The van der Waals surface area contributed by atoms with Crippen molar-refractivity contribution in [1.82, 2.24) is 9.80 Å². The summed E-state index contributed by atoms with van der Waals surface area (Å²) in [6.45, 7) is 6.89. The second kappa shape index (κ2) is 13.1. The van der Waals surface area contributed by atoms with Crippen molar-refractivity contribution in [2.45, 2.75) is 26.4 Å². The van der Waals surface area contributed by atoms with Crippen molar-refractivity contribution in [1.29, 1.82) is 0 Å². The van der Waals surface area contributed by atoms with E-state index in [4.69, 9.17) is 19.3 Å². The maximum absolute atomic E-state index is 12.1. The number of carbonyl (C=O) groups is 1. The van der Waals surface area contributed by atoms with Crippen LogP contribution in [-0.4, -0.2) is 71.7 Å². The van der Waals surface area contributed by atoms with Crippen molar-refractivity contribution in [2.24, 2.45) is 5.14 Å². The van der Waals surface area contributed by atoms with Crippen LogP contribution in [0.4, 0.5) is 0 Å². The molecule has 1 fully saturated rings. The first-order valence-electron chi connectivity index (χ1n) is 11.3. The molecule has 0 aromatic heterocycles. The van der Waals surface area contributed by atoms with E-state index in [1.807, 2.05) is 31.2 Å². The van der Waals surface area contributed by atoms with E-state index < -0.39 is 16.3 Å². The Morgan fingerprint density at radius 1 is 0.889 bits per heavy atom. The Morgan fingerprint density at radius 2 is 1.50 bits per heavy atom. The number of carbonyl (C=O) groups excluding carboxylic acids is 1. The molecule has 0 amide bonds. The first kappa shape index (κ1) is 29.7. The fourth-order valence-corrected chi connectivity index (χ4v) is 4.58. The number of benzene rings is 2. The van der Waals surface area contributed by atoms with E-state index in [9.17, 15) is 13.2 Å². The van der Waals surface area contributed by atoms with E-state index in [1.165, 1.54) is 0 Å². The molecule has 10 nitrogen and oxygen atoms in total. The standard InChI is InChI=1S/C24H33N3O7S.ClH/c1-5-18-14-17(6-8-20(18)24(28)34-35(25,29)30)15-26-10-12-27(13-11-26)16-19-7-9-21(31-2)23(33-4)22(19)32-3;/h6-9,14H,5,10-13,15-16H2,1-4H3,(H2,25,29,30);1H. The summed E-state index contributed by atoms with van der Waals surface area (Å²) in [5.41, 5.74) is 3.01. The van der Waals surface area contributed by atoms with E-state index >= 15 is 0 Å². The average Bonchev–Trinajstić information content (AvgIpc) is 2.83. The number of nitrogens with zero attached hydrogens (tertiary/aromatic N) is 2. The summed E-state index contributed by atoms with van der Waals surface area (Å²) < 4.78 is 43.0. The molecule has 200 valence electrons. The van der Waals surface area contributed by atoms with Crippen LogP contribution in [0.1, 0.15) is 34.0 Å². The lowest BCUT2D eigenvalue weighted by atomic mass is 10.0. The molecule has 1 aliphatic heterocycles. The molecule has 0 bridgehead atoms. The van der Waals surface area contributed by atoms with E-state index in [-0.39, 0.29) is 18.0 Å². The minimum atomic E-state index is -4.35. The first-order valence-corrected chi connectivity index (χ1v) is 12.8. The van der Waals surface area contributed by atoms with Crippen molar-refractivity contribution < 1.29 is 31.6 Å². The largest absolute Gasteiger partial charge is 0.493 e. The summed E-state index contributed by atoms with van der Waals surface area (Å²) in [6.07, 6.45) is 0.559. The van der Waals surface area contributed by atoms with Gasteiger partial charge in [-0.1, -0.05) is 25.1 Å². The van der Waals surface area contributed by atoms with Crippen molar-refractivity contribution in [3.8, 4) is 17.2 Å². The molecule has 2 aromatic rings.